The predicted octanol–water partition coefficient (Wildman–Crippen LogP) is 4.11. The van der Waals surface area contributed by atoms with Crippen LogP contribution in [-0.2, 0) is 39.5 Å². The van der Waals surface area contributed by atoms with Gasteiger partial charge < -0.3 is 19.7 Å². The summed E-state index contributed by atoms with van der Waals surface area (Å²) >= 11 is 0. The topological polar surface area (TPSA) is 79.2 Å². The van der Waals surface area contributed by atoms with Gasteiger partial charge in [-0.2, -0.15) is 0 Å². The van der Waals surface area contributed by atoms with Gasteiger partial charge in [-0.05, 0) is 53.5 Å². The Labute approximate surface area is 208 Å². The third kappa shape index (κ3) is 5.17. The zero-order chi connectivity index (χ0) is 25.2. The van der Waals surface area contributed by atoms with Crippen LogP contribution in [0.1, 0.15) is 67.5 Å². The Morgan fingerprint density at radius 1 is 1.14 bits per heavy atom. The molecular formula is C29H39NO5. The highest BCUT2D eigenvalue weighted by molar-refractivity contribution is 5.81. The van der Waals surface area contributed by atoms with Crippen LogP contribution >= 0.6 is 0 Å². The van der Waals surface area contributed by atoms with Gasteiger partial charge in [0.2, 0.25) is 0 Å². The summed E-state index contributed by atoms with van der Waals surface area (Å²) in [5.41, 5.74) is 3.55. The number of piperidine rings is 1. The molecular weight excluding hydrogens is 442 g/mol. The van der Waals surface area contributed by atoms with Gasteiger partial charge in [-0.3, -0.25) is 4.90 Å². The van der Waals surface area contributed by atoms with E-state index >= 15 is 0 Å². The van der Waals surface area contributed by atoms with Crippen LogP contribution in [0.3, 0.4) is 0 Å². The van der Waals surface area contributed by atoms with E-state index in [1.165, 1.54) is 11.1 Å². The summed E-state index contributed by atoms with van der Waals surface area (Å²) in [4.78, 5) is 16.1. The smallest absolute Gasteiger partial charge is 0.343 e. The zero-order valence-corrected chi connectivity index (χ0v) is 21.4. The van der Waals surface area contributed by atoms with E-state index in [1.807, 2.05) is 42.5 Å². The minimum absolute atomic E-state index is 0.0800. The molecule has 2 aromatic rings. The third-order valence-corrected chi connectivity index (χ3v) is 7.88. The lowest BCUT2D eigenvalue weighted by Crippen LogP contribution is -2.51. The normalized spacial score (nSPS) is 23.9. The number of aliphatic hydroxyl groups is 2. The SMILES string of the molecule is CO[C@@](C)(C(=O)O[C@@H]1C[C@@H]2c3cc(CO)c(CO)cc3CCN2C[C@@H]1CC(C)C)c1ccccc1. The molecule has 0 aromatic heterocycles. The average Bonchev–Trinajstić information content (AvgIpc) is 2.87. The monoisotopic (exact) mass is 481 g/mol. The van der Waals surface area contributed by atoms with Gasteiger partial charge in [-0.15, -0.1) is 0 Å². The molecule has 6 heteroatoms. The molecule has 4 atom stereocenters. The molecule has 2 aromatic carbocycles. The van der Waals surface area contributed by atoms with Crippen molar-refractivity contribution in [3.05, 3.63) is 70.3 Å². The highest BCUT2D eigenvalue weighted by atomic mass is 16.6. The molecule has 0 spiro atoms. The predicted molar refractivity (Wildman–Crippen MR) is 135 cm³/mol. The Balaban J connectivity index is 1.63. The fourth-order valence-electron chi connectivity index (χ4n) is 5.82. The fraction of sp³-hybridized carbons (Fsp3) is 0.552. The zero-order valence-electron chi connectivity index (χ0n) is 21.4. The summed E-state index contributed by atoms with van der Waals surface area (Å²) in [6.45, 7) is 7.82. The summed E-state index contributed by atoms with van der Waals surface area (Å²) in [7, 11) is 1.55. The molecule has 2 aliphatic heterocycles. The third-order valence-electron chi connectivity index (χ3n) is 7.88. The molecule has 2 aliphatic rings. The molecule has 1 fully saturated rings. The first-order valence-corrected chi connectivity index (χ1v) is 12.7. The first kappa shape index (κ1) is 25.8. The lowest BCUT2D eigenvalue weighted by Gasteiger charge is -2.47. The fourth-order valence-corrected chi connectivity index (χ4v) is 5.82. The molecule has 0 bridgehead atoms. The van der Waals surface area contributed by atoms with Crippen molar-refractivity contribution >= 4 is 5.97 Å². The summed E-state index contributed by atoms with van der Waals surface area (Å²) in [6, 6.07) is 13.7. The second-order valence-corrected chi connectivity index (χ2v) is 10.6. The summed E-state index contributed by atoms with van der Waals surface area (Å²) in [6.07, 6.45) is 2.37. The average molecular weight is 482 g/mol. The molecule has 2 heterocycles. The summed E-state index contributed by atoms with van der Waals surface area (Å²) in [5, 5.41) is 19.6. The van der Waals surface area contributed by atoms with Crippen LogP contribution in [0.4, 0.5) is 0 Å². The van der Waals surface area contributed by atoms with E-state index in [1.54, 1.807) is 14.0 Å². The number of fused-ring (bicyclic) bond motifs is 3. The molecule has 2 N–H and O–H groups in total. The molecule has 4 rings (SSSR count). The highest BCUT2D eigenvalue weighted by Crippen LogP contribution is 2.42. The maximum Gasteiger partial charge on any atom is 0.343 e. The number of methoxy groups -OCH3 is 1. The minimum atomic E-state index is -1.18. The number of carbonyl (C=O) groups excluding carboxylic acids is 1. The van der Waals surface area contributed by atoms with E-state index in [-0.39, 0.29) is 37.2 Å². The Hall–Kier alpha value is -2.25. The van der Waals surface area contributed by atoms with Crippen molar-refractivity contribution in [2.24, 2.45) is 11.8 Å². The second kappa shape index (κ2) is 10.8. The van der Waals surface area contributed by atoms with Crippen LogP contribution in [0.5, 0.6) is 0 Å². The molecule has 6 nitrogen and oxygen atoms in total. The molecule has 0 amide bonds. The van der Waals surface area contributed by atoms with E-state index in [4.69, 9.17) is 9.47 Å². The lowest BCUT2D eigenvalue weighted by atomic mass is 9.78. The summed E-state index contributed by atoms with van der Waals surface area (Å²) in [5.74, 6) is 0.370. The van der Waals surface area contributed by atoms with Gasteiger partial charge in [0.05, 0.1) is 13.2 Å². The quantitative estimate of drug-likeness (QED) is 0.553. The van der Waals surface area contributed by atoms with Gasteiger partial charge in [0, 0.05) is 38.6 Å². The Bertz CT molecular complexity index is 1020. The van der Waals surface area contributed by atoms with Crippen molar-refractivity contribution in [2.75, 3.05) is 20.2 Å². The van der Waals surface area contributed by atoms with Gasteiger partial charge >= 0.3 is 5.97 Å². The van der Waals surface area contributed by atoms with Crippen molar-refractivity contribution in [1.82, 2.24) is 4.90 Å². The van der Waals surface area contributed by atoms with Crippen molar-refractivity contribution in [3.8, 4) is 0 Å². The molecule has 35 heavy (non-hydrogen) atoms. The van der Waals surface area contributed by atoms with Gasteiger partial charge in [0.25, 0.3) is 0 Å². The van der Waals surface area contributed by atoms with Crippen LogP contribution in [0, 0.1) is 11.8 Å². The molecule has 0 radical (unpaired) electrons. The van der Waals surface area contributed by atoms with Crippen LogP contribution in [0.2, 0.25) is 0 Å². The van der Waals surface area contributed by atoms with Crippen LogP contribution < -0.4 is 0 Å². The molecule has 1 saturated heterocycles. The number of hydrogen-bond donors (Lipinski definition) is 2. The molecule has 0 unspecified atom stereocenters. The summed E-state index contributed by atoms with van der Waals surface area (Å²) < 4.78 is 12.0. The molecule has 0 aliphatic carbocycles. The number of carbonyl (C=O) groups is 1. The van der Waals surface area contributed by atoms with Gasteiger partial charge in [-0.1, -0.05) is 56.3 Å². The number of esters is 1. The number of benzene rings is 2. The number of nitrogens with zero attached hydrogens (tertiary/aromatic N) is 1. The van der Waals surface area contributed by atoms with E-state index in [0.29, 0.717) is 12.3 Å². The van der Waals surface area contributed by atoms with E-state index in [2.05, 4.69) is 18.7 Å². The Kier molecular flexibility index (Phi) is 7.96. The highest BCUT2D eigenvalue weighted by Gasteiger charge is 2.44. The van der Waals surface area contributed by atoms with E-state index in [0.717, 1.165) is 42.6 Å². The first-order valence-electron chi connectivity index (χ1n) is 12.7. The van der Waals surface area contributed by atoms with Gasteiger partial charge in [0.1, 0.15) is 6.10 Å². The van der Waals surface area contributed by atoms with Crippen molar-refractivity contribution in [2.45, 2.75) is 71.0 Å². The maximum absolute atomic E-state index is 13.6. The van der Waals surface area contributed by atoms with Crippen LogP contribution in [-0.4, -0.2) is 47.4 Å². The second-order valence-electron chi connectivity index (χ2n) is 10.6. The number of hydrogen-bond acceptors (Lipinski definition) is 6. The Morgan fingerprint density at radius 2 is 1.83 bits per heavy atom. The van der Waals surface area contributed by atoms with Crippen LogP contribution in [0.25, 0.3) is 0 Å². The lowest BCUT2D eigenvalue weighted by molar-refractivity contribution is -0.182. The standard InChI is InChI=1S/C29H39NO5/c1-19(2)12-21-16-30-11-10-20-13-22(17-31)23(18-32)14-25(20)26(30)15-27(21)35-28(33)29(3,34-4)24-8-6-5-7-9-24/h5-9,13-14,19,21,26-27,31-32H,10-12,15-18H2,1-4H3/t21-,26+,27+,29+/m0/s1. The van der Waals surface area contributed by atoms with E-state index < -0.39 is 5.60 Å². The number of ether oxygens (including phenoxy) is 2. The van der Waals surface area contributed by atoms with Gasteiger partial charge in [-0.25, -0.2) is 4.79 Å². The largest absolute Gasteiger partial charge is 0.460 e. The minimum Gasteiger partial charge on any atom is -0.460 e. The van der Waals surface area contributed by atoms with Crippen molar-refractivity contribution < 1.29 is 24.5 Å². The molecule has 190 valence electrons. The maximum atomic E-state index is 13.6. The number of aliphatic hydroxyl groups excluding tert-OH is 2. The van der Waals surface area contributed by atoms with Crippen molar-refractivity contribution in [1.29, 1.82) is 0 Å². The van der Waals surface area contributed by atoms with Crippen LogP contribution in [0.15, 0.2) is 42.5 Å². The first-order chi connectivity index (χ1) is 16.8. The van der Waals surface area contributed by atoms with Crippen molar-refractivity contribution in [3.63, 3.8) is 0 Å². The Morgan fingerprint density at radius 3 is 2.46 bits per heavy atom. The molecule has 0 saturated carbocycles. The van der Waals surface area contributed by atoms with E-state index in [9.17, 15) is 15.0 Å². The number of rotatable bonds is 8. The van der Waals surface area contributed by atoms with Gasteiger partial charge in [0.15, 0.2) is 5.60 Å².